The normalized spacial score (nSPS) is 17.0. The van der Waals surface area contributed by atoms with Crippen LogP contribution >= 0.6 is 0 Å². The predicted octanol–water partition coefficient (Wildman–Crippen LogP) is 3.39. The third-order valence-electron chi connectivity index (χ3n) is 5.81. The monoisotopic (exact) mass is 400 g/mol. The van der Waals surface area contributed by atoms with E-state index in [-0.39, 0.29) is 17.5 Å². The SMILES string of the molecule is CC(=O)NC1CCN(Cc2ccc3[nH]c(-c4cc5ccccc5[nH]c4=O)cc3c2)C1. The van der Waals surface area contributed by atoms with E-state index in [0.29, 0.717) is 5.56 Å². The van der Waals surface area contributed by atoms with Gasteiger partial charge in [0.05, 0.1) is 11.3 Å². The van der Waals surface area contributed by atoms with Crippen LogP contribution in [0.2, 0.25) is 0 Å². The van der Waals surface area contributed by atoms with E-state index in [0.717, 1.165) is 53.6 Å². The van der Waals surface area contributed by atoms with Crippen molar-refractivity contribution in [2.45, 2.75) is 25.9 Å². The molecule has 5 rings (SSSR count). The van der Waals surface area contributed by atoms with Crippen molar-refractivity contribution >= 4 is 27.7 Å². The van der Waals surface area contributed by atoms with E-state index in [1.807, 2.05) is 36.4 Å². The van der Waals surface area contributed by atoms with Gasteiger partial charge in [-0.1, -0.05) is 24.3 Å². The Morgan fingerprint density at radius 2 is 1.90 bits per heavy atom. The van der Waals surface area contributed by atoms with Crippen molar-refractivity contribution in [3.05, 3.63) is 70.5 Å². The second-order valence-electron chi connectivity index (χ2n) is 8.13. The Bertz CT molecular complexity index is 1300. The van der Waals surface area contributed by atoms with Crippen LogP contribution < -0.4 is 10.9 Å². The number of carbonyl (C=O) groups is 1. The number of aromatic nitrogens is 2. The zero-order valence-electron chi connectivity index (χ0n) is 16.9. The Hall–Kier alpha value is -3.38. The Morgan fingerprint density at radius 1 is 1.07 bits per heavy atom. The maximum Gasteiger partial charge on any atom is 0.257 e. The van der Waals surface area contributed by atoms with Crippen LogP contribution in [0.4, 0.5) is 0 Å². The number of H-pyrrole nitrogens is 2. The molecule has 2 aromatic heterocycles. The number of nitrogens with one attached hydrogen (secondary N) is 3. The molecule has 4 aromatic rings. The van der Waals surface area contributed by atoms with Gasteiger partial charge in [0.25, 0.3) is 5.56 Å². The Labute approximate surface area is 173 Å². The number of benzene rings is 2. The molecule has 1 aliphatic rings. The van der Waals surface area contributed by atoms with Crippen LogP contribution in [-0.2, 0) is 11.3 Å². The molecule has 1 fully saturated rings. The van der Waals surface area contributed by atoms with E-state index >= 15 is 0 Å². The number of pyridine rings is 1. The summed E-state index contributed by atoms with van der Waals surface area (Å²) in [5, 5.41) is 5.11. The van der Waals surface area contributed by atoms with Gasteiger partial charge in [0.2, 0.25) is 5.91 Å². The first kappa shape index (κ1) is 18.6. The van der Waals surface area contributed by atoms with Gasteiger partial charge in [0.1, 0.15) is 0 Å². The largest absolute Gasteiger partial charge is 0.354 e. The lowest BCUT2D eigenvalue weighted by molar-refractivity contribution is -0.119. The van der Waals surface area contributed by atoms with Crippen LogP contribution in [-0.4, -0.2) is 39.9 Å². The Morgan fingerprint density at radius 3 is 2.77 bits per heavy atom. The molecule has 2 aromatic carbocycles. The summed E-state index contributed by atoms with van der Waals surface area (Å²) in [4.78, 5) is 32.6. The molecular weight excluding hydrogens is 376 g/mol. The molecular formula is C24H24N4O2. The molecule has 6 heteroatoms. The molecule has 0 saturated carbocycles. The summed E-state index contributed by atoms with van der Waals surface area (Å²) >= 11 is 0. The minimum atomic E-state index is -0.0958. The number of rotatable bonds is 4. The molecule has 3 N–H and O–H groups in total. The summed E-state index contributed by atoms with van der Waals surface area (Å²) in [6.07, 6.45) is 0.987. The number of fused-ring (bicyclic) bond motifs is 2. The number of hydrogen-bond donors (Lipinski definition) is 3. The van der Waals surface area contributed by atoms with E-state index in [9.17, 15) is 9.59 Å². The van der Waals surface area contributed by atoms with Crippen LogP contribution in [0.15, 0.2) is 59.4 Å². The average molecular weight is 400 g/mol. The number of likely N-dealkylation sites (tertiary alicyclic amines) is 1. The lowest BCUT2D eigenvalue weighted by Gasteiger charge is -2.16. The van der Waals surface area contributed by atoms with Gasteiger partial charge in [0, 0.05) is 49.0 Å². The number of amides is 1. The minimum Gasteiger partial charge on any atom is -0.354 e. The fourth-order valence-electron chi connectivity index (χ4n) is 4.41. The summed E-state index contributed by atoms with van der Waals surface area (Å²) in [6.45, 7) is 4.28. The number of nitrogens with zero attached hydrogens (tertiary/aromatic N) is 1. The van der Waals surface area contributed by atoms with Crippen LogP contribution in [0.25, 0.3) is 33.1 Å². The lowest BCUT2D eigenvalue weighted by Crippen LogP contribution is -2.35. The fraction of sp³-hybridized carbons (Fsp3) is 0.250. The highest BCUT2D eigenvalue weighted by Gasteiger charge is 2.23. The zero-order chi connectivity index (χ0) is 20.7. The molecule has 3 heterocycles. The van der Waals surface area contributed by atoms with Gasteiger partial charge in [-0.25, -0.2) is 0 Å². The Kier molecular flexibility index (Phi) is 4.64. The van der Waals surface area contributed by atoms with Crippen LogP contribution in [0.5, 0.6) is 0 Å². The highest BCUT2D eigenvalue weighted by atomic mass is 16.1. The molecule has 0 aliphatic carbocycles. The summed E-state index contributed by atoms with van der Waals surface area (Å²) in [7, 11) is 0. The second-order valence-corrected chi connectivity index (χ2v) is 8.13. The first-order chi connectivity index (χ1) is 14.5. The standard InChI is InChI=1S/C24H24N4O2/c1-15(29)25-19-8-9-28(14-19)13-16-6-7-22-18(10-16)12-23(26-22)20-11-17-4-2-3-5-21(17)27-24(20)30/h2-7,10-12,19,26H,8-9,13-14H2,1H3,(H,25,29)(H,27,30). The maximum absolute atomic E-state index is 12.6. The topological polar surface area (TPSA) is 81.0 Å². The maximum atomic E-state index is 12.6. The minimum absolute atomic E-state index is 0.0341. The van der Waals surface area contributed by atoms with Crippen molar-refractivity contribution in [1.29, 1.82) is 0 Å². The summed E-state index contributed by atoms with van der Waals surface area (Å²) in [6, 6.07) is 18.4. The van der Waals surface area contributed by atoms with Gasteiger partial charge in [0.15, 0.2) is 0 Å². The van der Waals surface area contributed by atoms with E-state index in [2.05, 4.69) is 38.4 Å². The second kappa shape index (κ2) is 7.46. The van der Waals surface area contributed by atoms with Crippen molar-refractivity contribution in [1.82, 2.24) is 20.2 Å². The molecule has 1 amide bonds. The highest BCUT2D eigenvalue weighted by molar-refractivity contribution is 5.89. The van der Waals surface area contributed by atoms with Gasteiger partial charge >= 0.3 is 0 Å². The number of aromatic amines is 2. The van der Waals surface area contributed by atoms with Gasteiger partial charge in [-0.05, 0) is 47.7 Å². The van der Waals surface area contributed by atoms with Crippen LogP contribution in [0, 0.1) is 0 Å². The van der Waals surface area contributed by atoms with Gasteiger partial charge < -0.3 is 15.3 Å². The summed E-state index contributed by atoms with van der Waals surface area (Å²) in [5.74, 6) is 0.0341. The smallest absolute Gasteiger partial charge is 0.257 e. The molecule has 1 atom stereocenters. The van der Waals surface area contributed by atoms with Gasteiger partial charge in [-0.3, -0.25) is 14.5 Å². The molecule has 0 spiro atoms. The Balaban J connectivity index is 1.40. The third-order valence-corrected chi connectivity index (χ3v) is 5.81. The van der Waals surface area contributed by atoms with E-state index < -0.39 is 0 Å². The van der Waals surface area contributed by atoms with E-state index in [4.69, 9.17) is 0 Å². The number of carbonyl (C=O) groups excluding carboxylic acids is 1. The van der Waals surface area contributed by atoms with Crippen molar-refractivity contribution < 1.29 is 4.79 Å². The number of para-hydroxylation sites is 1. The van der Waals surface area contributed by atoms with Crippen LogP contribution in [0.3, 0.4) is 0 Å². The molecule has 6 nitrogen and oxygen atoms in total. The van der Waals surface area contributed by atoms with Gasteiger partial charge in [-0.2, -0.15) is 0 Å². The molecule has 152 valence electrons. The van der Waals surface area contributed by atoms with E-state index in [1.165, 1.54) is 5.56 Å². The molecule has 1 unspecified atom stereocenters. The fourth-order valence-corrected chi connectivity index (χ4v) is 4.41. The lowest BCUT2D eigenvalue weighted by atomic mass is 10.1. The van der Waals surface area contributed by atoms with Crippen molar-refractivity contribution in [3.63, 3.8) is 0 Å². The van der Waals surface area contributed by atoms with Crippen molar-refractivity contribution in [2.24, 2.45) is 0 Å². The summed E-state index contributed by atoms with van der Waals surface area (Å²) < 4.78 is 0. The highest BCUT2D eigenvalue weighted by Crippen LogP contribution is 2.25. The first-order valence-corrected chi connectivity index (χ1v) is 10.3. The quantitative estimate of drug-likeness (QED) is 0.491. The van der Waals surface area contributed by atoms with Crippen molar-refractivity contribution in [3.8, 4) is 11.3 Å². The first-order valence-electron chi connectivity index (χ1n) is 10.3. The number of hydrogen-bond acceptors (Lipinski definition) is 3. The zero-order valence-corrected chi connectivity index (χ0v) is 16.9. The van der Waals surface area contributed by atoms with Gasteiger partial charge in [-0.15, -0.1) is 0 Å². The molecule has 30 heavy (non-hydrogen) atoms. The predicted molar refractivity (Wildman–Crippen MR) is 119 cm³/mol. The average Bonchev–Trinajstić information content (AvgIpc) is 3.33. The van der Waals surface area contributed by atoms with Crippen LogP contribution in [0.1, 0.15) is 18.9 Å². The van der Waals surface area contributed by atoms with Crippen molar-refractivity contribution in [2.75, 3.05) is 13.1 Å². The summed E-state index contributed by atoms with van der Waals surface area (Å²) in [5.41, 5.74) is 4.45. The molecule has 1 aliphatic heterocycles. The molecule has 0 radical (unpaired) electrons. The molecule has 1 saturated heterocycles. The molecule has 0 bridgehead atoms. The third kappa shape index (κ3) is 3.62. The van der Waals surface area contributed by atoms with E-state index in [1.54, 1.807) is 6.92 Å².